The minimum absolute atomic E-state index is 0. The molecule has 0 aromatic heterocycles. The van der Waals surface area contributed by atoms with E-state index in [4.69, 9.17) is 10.8 Å². The second-order valence-electron chi connectivity index (χ2n) is 3.30. The molecule has 0 saturated carbocycles. The predicted octanol–water partition coefficient (Wildman–Crippen LogP) is 2.08. The molecule has 0 bridgehead atoms. The van der Waals surface area contributed by atoms with Crippen molar-refractivity contribution in [1.29, 1.82) is 0 Å². The number of rotatable bonds is 3. The maximum atomic E-state index is 12.5. The van der Waals surface area contributed by atoms with Gasteiger partial charge in [-0.25, -0.2) is 0 Å². The van der Waals surface area contributed by atoms with Gasteiger partial charge in [0.1, 0.15) is 6.04 Å². The molecule has 1 rings (SSSR count). The fourth-order valence-electron chi connectivity index (χ4n) is 1.30. The lowest BCUT2D eigenvalue weighted by Gasteiger charge is -2.14. The molecule has 0 fully saturated rings. The maximum absolute atomic E-state index is 12.5. The van der Waals surface area contributed by atoms with E-state index in [0.717, 1.165) is 6.07 Å². The smallest absolute Gasteiger partial charge is 0.416 e. The molecule has 1 unspecified atom stereocenters. The third kappa shape index (κ3) is 4.24. The molecule has 0 amide bonds. The fourth-order valence-corrected chi connectivity index (χ4v) is 1.30. The monoisotopic (exact) mass is 269 g/mol. The molecule has 1 aromatic carbocycles. The largest absolute Gasteiger partial charge is 0.480 e. The highest BCUT2D eigenvalue weighted by Crippen LogP contribution is 2.32. The Morgan fingerprint density at radius 2 is 1.88 bits per heavy atom. The Balaban J connectivity index is 0.00000256. The number of alkyl halides is 3. The lowest BCUT2D eigenvalue weighted by molar-refractivity contribution is -0.140. The van der Waals surface area contributed by atoms with Gasteiger partial charge in [-0.05, 0) is 18.1 Å². The standard InChI is InChI=1S/C10H10F3NO2.ClH/c11-10(12,13)7-4-2-1-3-6(7)5-8(14)9(15)16;/h1-4,8H,5,14H2,(H,15,16);1H. The van der Waals surface area contributed by atoms with E-state index in [9.17, 15) is 18.0 Å². The van der Waals surface area contributed by atoms with Crippen molar-refractivity contribution < 1.29 is 23.1 Å². The van der Waals surface area contributed by atoms with Gasteiger partial charge in [-0.3, -0.25) is 4.79 Å². The third-order valence-corrected chi connectivity index (χ3v) is 2.08. The van der Waals surface area contributed by atoms with Gasteiger partial charge in [-0.1, -0.05) is 18.2 Å². The average molecular weight is 270 g/mol. The lowest BCUT2D eigenvalue weighted by Crippen LogP contribution is -2.33. The molecule has 0 saturated heterocycles. The number of carboxylic acid groups (broad SMARTS) is 1. The maximum Gasteiger partial charge on any atom is 0.416 e. The highest BCUT2D eigenvalue weighted by Gasteiger charge is 2.33. The number of carboxylic acids is 1. The molecule has 0 aliphatic heterocycles. The number of aliphatic carboxylic acids is 1. The van der Waals surface area contributed by atoms with Crippen molar-refractivity contribution in [3.05, 3.63) is 35.4 Å². The van der Waals surface area contributed by atoms with Crippen LogP contribution in [0.3, 0.4) is 0 Å². The van der Waals surface area contributed by atoms with Crippen molar-refractivity contribution in [1.82, 2.24) is 0 Å². The number of hydrogen-bond acceptors (Lipinski definition) is 2. The molecule has 17 heavy (non-hydrogen) atoms. The molecule has 0 radical (unpaired) electrons. The van der Waals surface area contributed by atoms with E-state index in [1.54, 1.807) is 0 Å². The summed E-state index contributed by atoms with van der Waals surface area (Å²) in [6.07, 6.45) is -4.83. The van der Waals surface area contributed by atoms with Crippen molar-refractivity contribution in [2.75, 3.05) is 0 Å². The van der Waals surface area contributed by atoms with Crippen LogP contribution in [0.4, 0.5) is 13.2 Å². The minimum Gasteiger partial charge on any atom is -0.480 e. The molecule has 0 aliphatic carbocycles. The van der Waals surface area contributed by atoms with Crippen LogP contribution in [0.1, 0.15) is 11.1 Å². The molecular formula is C10H11ClF3NO2. The summed E-state index contributed by atoms with van der Waals surface area (Å²) in [7, 11) is 0. The van der Waals surface area contributed by atoms with E-state index in [2.05, 4.69) is 0 Å². The molecule has 96 valence electrons. The normalized spacial score (nSPS) is 12.7. The van der Waals surface area contributed by atoms with Gasteiger partial charge >= 0.3 is 12.1 Å². The van der Waals surface area contributed by atoms with Crippen LogP contribution in [-0.2, 0) is 17.4 Å². The number of carbonyl (C=O) groups is 1. The summed E-state index contributed by atoms with van der Waals surface area (Å²) in [5.74, 6) is -1.32. The Labute approximate surface area is 102 Å². The minimum atomic E-state index is -4.49. The number of halogens is 4. The van der Waals surface area contributed by atoms with E-state index in [0.29, 0.717) is 0 Å². The van der Waals surface area contributed by atoms with Crippen LogP contribution in [-0.4, -0.2) is 17.1 Å². The Morgan fingerprint density at radius 3 is 2.35 bits per heavy atom. The van der Waals surface area contributed by atoms with E-state index in [-0.39, 0.29) is 24.4 Å². The fraction of sp³-hybridized carbons (Fsp3) is 0.300. The zero-order valence-corrected chi connectivity index (χ0v) is 9.39. The van der Waals surface area contributed by atoms with Crippen molar-refractivity contribution in [2.24, 2.45) is 5.73 Å². The van der Waals surface area contributed by atoms with Crippen LogP contribution in [0, 0.1) is 0 Å². The van der Waals surface area contributed by atoms with Gasteiger partial charge in [-0.15, -0.1) is 12.4 Å². The average Bonchev–Trinajstić information content (AvgIpc) is 2.16. The quantitative estimate of drug-likeness (QED) is 0.883. The van der Waals surface area contributed by atoms with Crippen LogP contribution in [0.5, 0.6) is 0 Å². The van der Waals surface area contributed by atoms with Gasteiger partial charge in [0.25, 0.3) is 0 Å². The summed E-state index contributed by atoms with van der Waals surface area (Å²) in [5, 5.41) is 8.53. The van der Waals surface area contributed by atoms with Crippen molar-refractivity contribution >= 4 is 18.4 Å². The lowest BCUT2D eigenvalue weighted by atomic mass is 10.0. The zero-order valence-electron chi connectivity index (χ0n) is 8.57. The molecule has 7 heteroatoms. The number of hydrogen-bond donors (Lipinski definition) is 2. The molecule has 3 N–H and O–H groups in total. The highest BCUT2D eigenvalue weighted by atomic mass is 35.5. The van der Waals surface area contributed by atoms with Crippen LogP contribution in [0.15, 0.2) is 24.3 Å². The van der Waals surface area contributed by atoms with Crippen LogP contribution in [0.2, 0.25) is 0 Å². The van der Waals surface area contributed by atoms with E-state index < -0.39 is 23.8 Å². The molecular weight excluding hydrogens is 259 g/mol. The Morgan fingerprint density at radius 1 is 1.35 bits per heavy atom. The summed E-state index contributed by atoms with van der Waals surface area (Å²) in [6, 6.07) is 3.47. The van der Waals surface area contributed by atoms with Gasteiger partial charge in [0.05, 0.1) is 5.56 Å². The van der Waals surface area contributed by atoms with Crippen molar-refractivity contribution in [3.63, 3.8) is 0 Å². The Kier molecular flexibility index (Phi) is 5.44. The van der Waals surface area contributed by atoms with Crippen LogP contribution < -0.4 is 5.73 Å². The second-order valence-corrected chi connectivity index (χ2v) is 3.30. The molecule has 3 nitrogen and oxygen atoms in total. The molecule has 0 aliphatic rings. The van der Waals surface area contributed by atoms with Gasteiger partial charge in [0.2, 0.25) is 0 Å². The van der Waals surface area contributed by atoms with Gasteiger partial charge in [0.15, 0.2) is 0 Å². The molecule has 0 heterocycles. The summed E-state index contributed by atoms with van der Waals surface area (Å²) < 4.78 is 37.5. The highest BCUT2D eigenvalue weighted by molar-refractivity contribution is 5.85. The topological polar surface area (TPSA) is 63.3 Å². The predicted molar refractivity (Wildman–Crippen MR) is 58.0 cm³/mol. The molecule has 1 atom stereocenters. The number of benzene rings is 1. The summed E-state index contributed by atoms with van der Waals surface area (Å²) in [4.78, 5) is 10.5. The summed E-state index contributed by atoms with van der Waals surface area (Å²) >= 11 is 0. The van der Waals surface area contributed by atoms with E-state index >= 15 is 0 Å². The van der Waals surface area contributed by atoms with Crippen molar-refractivity contribution in [3.8, 4) is 0 Å². The Bertz CT molecular complexity index is 395. The first-order chi connectivity index (χ1) is 7.32. The van der Waals surface area contributed by atoms with Gasteiger partial charge in [0, 0.05) is 0 Å². The SMILES string of the molecule is Cl.NC(Cc1ccccc1C(F)(F)F)C(=O)O. The van der Waals surface area contributed by atoms with E-state index in [1.165, 1.54) is 18.2 Å². The Hall–Kier alpha value is -1.27. The third-order valence-electron chi connectivity index (χ3n) is 2.08. The van der Waals surface area contributed by atoms with Crippen LogP contribution >= 0.6 is 12.4 Å². The first-order valence-electron chi connectivity index (χ1n) is 4.46. The first kappa shape index (κ1) is 15.7. The van der Waals surface area contributed by atoms with Crippen molar-refractivity contribution in [2.45, 2.75) is 18.6 Å². The first-order valence-corrected chi connectivity index (χ1v) is 4.46. The van der Waals surface area contributed by atoms with Gasteiger partial charge in [-0.2, -0.15) is 13.2 Å². The van der Waals surface area contributed by atoms with Gasteiger partial charge < -0.3 is 10.8 Å². The molecule has 1 aromatic rings. The zero-order chi connectivity index (χ0) is 12.3. The number of nitrogens with two attached hydrogens (primary N) is 1. The molecule has 0 spiro atoms. The summed E-state index contributed by atoms with van der Waals surface area (Å²) in [6.45, 7) is 0. The summed E-state index contributed by atoms with van der Waals surface area (Å²) in [5.41, 5.74) is 4.25. The second kappa shape index (κ2) is 5.88. The van der Waals surface area contributed by atoms with E-state index in [1.807, 2.05) is 0 Å². The van der Waals surface area contributed by atoms with Crippen LogP contribution in [0.25, 0.3) is 0 Å².